The third-order valence-corrected chi connectivity index (χ3v) is 3.14. The molecule has 2 rings (SSSR count). The average molecular weight is 238 g/mol. The molecule has 0 aromatic carbocycles. The number of methoxy groups -OCH3 is 1. The molecule has 1 fully saturated rings. The van der Waals surface area contributed by atoms with E-state index in [4.69, 9.17) is 10.5 Å². The van der Waals surface area contributed by atoms with Crippen LogP contribution in [0.1, 0.15) is 12.1 Å². The van der Waals surface area contributed by atoms with E-state index in [2.05, 4.69) is 14.9 Å². The third-order valence-electron chi connectivity index (χ3n) is 3.14. The van der Waals surface area contributed by atoms with Gasteiger partial charge in [-0.05, 0) is 6.42 Å². The summed E-state index contributed by atoms with van der Waals surface area (Å²) in [7, 11) is 1.41. The van der Waals surface area contributed by atoms with Crippen molar-refractivity contribution in [1.29, 1.82) is 0 Å². The van der Waals surface area contributed by atoms with E-state index in [0.717, 1.165) is 25.2 Å². The predicted molar refractivity (Wildman–Crippen MR) is 62.3 cm³/mol. The number of nitrogens with one attached hydrogen (secondary N) is 1. The molecule has 1 aromatic heterocycles. The molecule has 1 aliphatic heterocycles. The van der Waals surface area contributed by atoms with Crippen molar-refractivity contribution >= 4 is 5.97 Å². The van der Waals surface area contributed by atoms with E-state index in [1.807, 2.05) is 0 Å². The quantitative estimate of drug-likeness (QED) is 0.693. The molecule has 0 radical (unpaired) electrons. The molecule has 6 heteroatoms. The fraction of sp³-hybridized carbons (Fsp3) is 0.636. The largest absolute Gasteiger partial charge is 0.468 e. The Morgan fingerprint density at radius 1 is 1.82 bits per heavy atom. The highest BCUT2D eigenvalue weighted by Crippen LogP contribution is 2.15. The second-order valence-electron chi connectivity index (χ2n) is 4.36. The maximum Gasteiger partial charge on any atom is 0.323 e. The summed E-state index contributed by atoms with van der Waals surface area (Å²) < 4.78 is 4.85. The van der Waals surface area contributed by atoms with E-state index < -0.39 is 0 Å². The van der Waals surface area contributed by atoms with Crippen LogP contribution < -0.4 is 5.73 Å². The van der Waals surface area contributed by atoms with Crippen LogP contribution in [0.25, 0.3) is 0 Å². The number of rotatable bonds is 4. The molecule has 6 nitrogen and oxygen atoms in total. The van der Waals surface area contributed by atoms with Crippen molar-refractivity contribution in [3.63, 3.8) is 0 Å². The first-order valence-corrected chi connectivity index (χ1v) is 5.75. The van der Waals surface area contributed by atoms with Crippen LogP contribution in [-0.2, 0) is 16.0 Å². The zero-order valence-corrected chi connectivity index (χ0v) is 9.93. The molecule has 2 heterocycles. The Labute approximate surface area is 100 Å². The van der Waals surface area contributed by atoms with Crippen molar-refractivity contribution < 1.29 is 9.53 Å². The molecule has 94 valence electrons. The van der Waals surface area contributed by atoms with Gasteiger partial charge < -0.3 is 15.5 Å². The molecule has 1 aromatic rings. The number of aromatic amines is 1. The van der Waals surface area contributed by atoms with Crippen LogP contribution in [-0.4, -0.2) is 53.1 Å². The summed E-state index contributed by atoms with van der Waals surface area (Å²) >= 11 is 0. The number of esters is 1. The van der Waals surface area contributed by atoms with Gasteiger partial charge in [0, 0.05) is 37.4 Å². The minimum absolute atomic E-state index is 0.156. The van der Waals surface area contributed by atoms with Crippen molar-refractivity contribution in [3.8, 4) is 0 Å². The molecular formula is C11H18N4O2. The van der Waals surface area contributed by atoms with Gasteiger partial charge in [-0.15, -0.1) is 0 Å². The Morgan fingerprint density at radius 2 is 2.65 bits per heavy atom. The van der Waals surface area contributed by atoms with Gasteiger partial charge in [-0.1, -0.05) is 0 Å². The van der Waals surface area contributed by atoms with Gasteiger partial charge in [0.25, 0.3) is 0 Å². The fourth-order valence-corrected chi connectivity index (χ4v) is 2.20. The number of likely N-dealkylation sites (tertiary alicyclic amines) is 1. The molecule has 2 atom stereocenters. The van der Waals surface area contributed by atoms with Crippen LogP contribution in [0.3, 0.4) is 0 Å². The van der Waals surface area contributed by atoms with E-state index in [9.17, 15) is 4.79 Å². The molecule has 0 bridgehead atoms. The Kier molecular flexibility index (Phi) is 3.75. The highest BCUT2D eigenvalue weighted by Gasteiger charge is 2.32. The summed E-state index contributed by atoms with van der Waals surface area (Å²) in [6.45, 7) is 1.59. The second-order valence-corrected chi connectivity index (χ2v) is 4.36. The molecule has 1 unspecified atom stereocenters. The van der Waals surface area contributed by atoms with Gasteiger partial charge in [0.2, 0.25) is 0 Å². The number of carbonyl (C=O) groups excluding carboxylic acids is 1. The highest BCUT2D eigenvalue weighted by molar-refractivity contribution is 5.76. The summed E-state index contributed by atoms with van der Waals surface area (Å²) in [5.74, 6) is -0.214. The van der Waals surface area contributed by atoms with Crippen molar-refractivity contribution in [2.45, 2.75) is 24.9 Å². The van der Waals surface area contributed by atoms with Crippen molar-refractivity contribution in [3.05, 3.63) is 18.2 Å². The van der Waals surface area contributed by atoms with Gasteiger partial charge in [-0.2, -0.15) is 0 Å². The molecule has 3 N–H and O–H groups in total. The first-order chi connectivity index (χ1) is 8.20. The monoisotopic (exact) mass is 238 g/mol. The highest BCUT2D eigenvalue weighted by atomic mass is 16.5. The Bertz CT molecular complexity index is 366. The standard InChI is InChI=1S/C11H18N4O2/c1-17-11(16)10(4-9-5-13-7-14-9)15-3-2-8(12)6-15/h5,7-8,10H,2-4,6,12H2,1H3,(H,13,14)/t8-,10?/m0/s1. The molecule has 17 heavy (non-hydrogen) atoms. The van der Waals surface area contributed by atoms with Crippen LogP contribution in [0.15, 0.2) is 12.5 Å². The smallest absolute Gasteiger partial charge is 0.323 e. The molecule has 0 spiro atoms. The van der Waals surface area contributed by atoms with Crippen molar-refractivity contribution in [2.75, 3.05) is 20.2 Å². The van der Waals surface area contributed by atoms with Crippen LogP contribution in [0.5, 0.6) is 0 Å². The van der Waals surface area contributed by atoms with Crippen molar-refractivity contribution in [1.82, 2.24) is 14.9 Å². The lowest BCUT2D eigenvalue weighted by Crippen LogP contribution is -2.43. The number of hydrogen-bond acceptors (Lipinski definition) is 5. The van der Waals surface area contributed by atoms with E-state index in [1.54, 1.807) is 12.5 Å². The number of hydrogen-bond donors (Lipinski definition) is 2. The van der Waals surface area contributed by atoms with Crippen LogP contribution in [0.4, 0.5) is 0 Å². The molecule has 1 aliphatic rings. The average Bonchev–Trinajstić information content (AvgIpc) is 2.96. The summed E-state index contributed by atoms with van der Waals surface area (Å²) in [6, 6.07) is -0.113. The maximum absolute atomic E-state index is 11.8. The Balaban J connectivity index is 2.05. The van der Waals surface area contributed by atoms with Gasteiger partial charge in [0.1, 0.15) is 6.04 Å². The Hall–Kier alpha value is -1.40. The number of aromatic nitrogens is 2. The predicted octanol–water partition coefficient (Wildman–Crippen LogP) is -0.473. The zero-order valence-electron chi connectivity index (χ0n) is 9.93. The number of nitrogens with zero attached hydrogens (tertiary/aromatic N) is 2. The van der Waals surface area contributed by atoms with Gasteiger partial charge >= 0.3 is 5.97 Å². The maximum atomic E-state index is 11.8. The van der Waals surface area contributed by atoms with Gasteiger partial charge in [0.05, 0.1) is 13.4 Å². The number of ether oxygens (including phenoxy) is 1. The minimum atomic E-state index is -0.269. The first kappa shape index (κ1) is 12.1. The summed E-state index contributed by atoms with van der Waals surface area (Å²) in [5.41, 5.74) is 6.80. The van der Waals surface area contributed by atoms with E-state index in [1.165, 1.54) is 7.11 Å². The van der Waals surface area contributed by atoms with Crippen molar-refractivity contribution in [2.24, 2.45) is 5.73 Å². The first-order valence-electron chi connectivity index (χ1n) is 5.75. The van der Waals surface area contributed by atoms with Gasteiger partial charge in [-0.3, -0.25) is 9.69 Å². The lowest BCUT2D eigenvalue weighted by molar-refractivity contribution is -0.146. The molecule has 0 saturated carbocycles. The topological polar surface area (TPSA) is 84.2 Å². The van der Waals surface area contributed by atoms with Crippen LogP contribution in [0, 0.1) is 0 Å². The normalized spacial score (nSPS) is 22.6. The Morgan fingerprint density at radius 3 is 3.18 bits per heavy atom. The fourth-order valence-electron chi connectivity index (χ4n) is 2.20. The SMILES string of the molecule is COC(=O)C(Cc1cnc[nH]1)N1CC[C@H](N)C1. The minimum Gasteiger partial charge on any atom is -0.468 e. The zero-order chi connectivity index (χ0) is 12.3. The number of nitrogens with two attached hydrogens (primary N) is 1. The molecule has 0 amide bonds. The van der Waals surface area contributed by atoms with E-state index in [-0.39, 0.29) is 18.1 Å². The van der Waals surface area contributed by atoms with Gasteiger partial charge in [0.15, 0.2) is 0 Å². The molecular weight excluding hydrogens is 220 g/mol. The molecule has 0 aliphatic carbocycles. The summed E-state index contributed by atoms with van der Waals surface area (Å²) in [6.07, 6.45) is 4.85. The van der Waals surface area contributed by atoms with E-state index >= 15 is 0 Å². The molecule has 1 saturated heterocycles. The third kappa shape index (κ3) is 2.83. The lowest BCUT2D eigenvalue weighted by Gasteiger charge is -2.24. The van der Waals surface area contributed by atoms with E-state index in [0.29, 0.717) is 6.42 Å². The van der Waals surface area contributed by atoms with Crippen LogP contribution in [0.2, 0.25) is 0 Å². The lowest BCUT2D eigenvalue weighted by atomic mass is 10.1. The number of H-pyrrole nitrogens is 1. The van der Waals surface area contributed by atoms with Gasteiger partial charge in [-0.25, -0.2) is 4.98 Å². The number of imidazole rings is 1. The second kappa shape index (κ2) is 5.29. The number of carbonyl (C=O) groups is 1. The van der Waals surface area contributed by atoms with Crippen LogP contribution >= 0.6 is 0 Å². The summed E-state index contributed by atoms with van der Waals surface area (Å²) in [4.78, 5) is 20.8. The summed E-state index contributed by atoms with van der Waals surface area (Å²) in [5, 5.41) is 0.